The van der Waals surface area contributed by atoms with Gasteiger partial charge in [-0.1, -0.05) is 13.3 Å². The first-order valence-corrected chi connectivity index (χ1v) is 8.43. The Balaban J connectivity index is 2.19. The van der Waals surface area contributed by atoms with Gasteiger partial charge in [0.2, 0.25) is 0 Å². The Morgan fingerprint density at radius 3 is 2.75 bits per heavy atom. The molecule has 3 nitrogen and oxygen atoms in total. The van der Waals surface area contributed by atoms with Gasteiger partial charge in [0.05, 0.1) is 6.54 Å². The summed E-state index contributed by atoms with van der Waals surface area (Å²) in [6.07, 6.45) is 2.10. The van der Waals surface area contributed by atoms with Gasteiger partial charge in [-0.3, -0.25) is 0 Å². The van der Waals surface area contributed by atoms with Crippen molar-refractivity contribution in [2.75, 3.05) is 11.9 Å². The van der Waals surface area contributed by atoms with E-state index in [9.17, 15) is 0 Å². The second-order valence-corrected chi connectivity index (χ2v) is 6.78. The number of hydrogen-bond donors (Lipinski definition) is 1. The van der Waals surface area contributed by atoms with Crippen LogP contribution < -0.4 is 10.6 Å². The molecule has 2 aromatic rings. The molecule has 0 saturated carbocycles. The van der Waals surface area contributed by atoms with Crippen molar-refractivity contribution >= 4 is 33.1 Å². The first-order chi connectivity index (χ1) is 9.62. The predicted molar refractivity (Wildman–Crippen MR) is 90.2 cm³/mol. The molecule has 108 valence electrons. The van der Waals surface area contributed by atoms with E-state index in [0.717, 1.165) is 40.9 Å². The average molecular weight is 354 g/mol. The lowest BCUT2D eigenvalue weighted by Gasteiger charge is -2.19. The van der Waals surface area contributed by atoms with Crippen LogP contribution in [0.3, 0.4) is 0 Å². The summed E-state index contributed by atoms with van der Waals surface area (Å²) in [5, 5.41) is 2.11. The molecule has 0 aliphatic rings. The number of nitrogens with two attached hydrogens (primary N) is 1. The van der Waals surface area contributed by atoms with Crippen LogP contribution in [-0.4, -0.2) is 12.0 Å². The maximum Gasteiger partial charge on any atom is 0.129 e. The van der Waals surface area contributed by atoms with E-state index in [4.69, 9.17) is 10.7 Å². The van der Waals surface area contributed by atoms with Gasteiger partial charge < -0.3 is 10.6 Å². The Bertz CT molecular complexity index is 568. The van der Waals surface area contributed by atoms with Crippen LogP contribution in [0.25, 0.3) is 0 Å². The standard InChI is InChI=1S/C15H20BrN3S/c1-3-4-13-5-11(8-17)6-15(18-13)19(2)9-14-7-12(16)10-20-14/h5-7,10H,3-4,8-9,17H2,1-2H3. The SMILES string of the molecule is CCCc1cc(CN)cc(N(C)Cc2cc(Br)cs2)n1. The van der Waals surface area contributed by atoms with Gasteiger partial charge in [-0.25, -0.2) is 4.98 Å². The molecule has 2 aromatic heterocycles. The molecule has 0 spiro atoms. The van der Waals surface area contributed by atoms with E-state index in [0.29, 0.717) is 6.54 Å². The first-order valence-electron chi connectivity index (χ1n) is 6.76. The summed E-state index contributed by atoms with van der Waals surface area (Å²) < 4.78 is 1.14. The lowest BCUT2D eigenvalue weighted by atomic mass is 10.1. The summed E-state index contributed by atoms with van der Waals surface area (Å²) in [4.78, 5) is 8.23. The molecule has 0 aliphatic carbocycles. The van der Waals surface area contributed by atoms with Crippen LogP contribution in [0.15, 0.2) is 28.1 Å². The van der Waals surface area contributed by atoms with Crippen LogP contribution >= 0.6 is 27.3 Å². The van der Waals surface area contributed by atoms with Crippen molar-refractivity contribution in [2.24, 2.45) is 5.73 Å². The van der Waals surface area contributed by atoms with Crippen molar-refractivity contribution in [2.45, 2.75) is 32.9 Å². The minimum absolute atomic E-state index is 0.560. The third kappa shape index (κ3) is 4.04. The van der Waals surface area contributed by atoms with Crippen molar-refractivity contribution in [3.05, 3.63) is 44.2 Å². The summed E-state index contributed by atoms with van der Waals surface area (Å²) >= 11 is 5.25. The van der Waals surface area contributed by atoms with E-state index in [-0.39, 0.29) is 0 Å². The van der Waals surface area contributed by atoms with Crippen LogP contribution in [0.2, 0.25) is 0 Å². The number of hydrogen-bond acceptors (Lipinski definition) is 4. The summed E-state index contributed by atoms with van der Waals surface area (Å²) in [6, 6.07) is 6.35. The Morgan fingerprint density at radius 2 is 2.15 bits per heavy atom. The zero-order chi connectivity index (χ0) is 14.5. The number of rotatable bonds is 6. The smallest absolute Gasteiger partial charge is 0.129 e. The molecule has 0 aromatic carbocycles. The van der Waals surface area contributed by atoms with E-state index in [2.05, 4.69) is 58.4 Å². The van der Waals surface area contributed by atoms with Crippen molar-refractivity contribution < 1.29 is 0 Å². The third-order valence-corrected chi connectivity index (χ3v) is 4.75. The quantitative estimate of drug-likeness (QED) is 0.854. The van der Waals surface area contributed by atoms with E-state index < -0.39 is 0 Å². The van der Waals surface area contributed by atoms with Gasteiger partial charge in [-0.15, -0.1) is 11.3 Å². The third-order valence-electron chi connectivity index (χ3n) is 3.07. The maximum absolute atomic E-state index is 5.79. The highest BCUT2D eigenvalue weighted by Crippen LogP contribution is 2.23. The largest absolute Gasteiger partial charge is 0.355 e. The average Bonchev–Trinajstić information content (AvgIpc) is 2.84. The predicted octanol–water partition coefficient (Wildman–Crippen LogP) is 3.95. The van der Waals surface area contributed by atoms with Gasteiger partial charge in [-0.05, 0) is 46.1 Å². The molecule has 0 amide bonds. The van der Waals surface area contributed by atoms with Crippen molar-refractivity contribution in [3.8, 4) is 0 Å². The van der Waals surface area contributed by atoms with E-state index in [1.165, 1.54) is 4.88 Å². The highest BCUT2D eigenvalue weighted by molar-refractivity contribution is 9.10. The maximum atomic E-state index is 5.79. The second kappa shape index (κ2) is 7.20. The number of thiophene rings is 1. The van der Waals surface area contributed by atoms with Gasteiger partial charge in [0.15, 0.2) is 0 Å². The first kappa shape index (κ1) is 15.5. The van der Waals surface area contributed by atoms with E-state index in [1.54, 1.807) is 11.3 Å². The molecule has 0 fully saturated rings. The number of pyridine rings is 1. The zero-order valence-corrected chi connectivity index (χ0v) is 14.3. The van der Waals surface area contributed by atoms with Crippen LogP contribution in [-0.2, 0) is 19.5 Å². The molecule has 2 N–H and O–H groups in total. The van der Waals surface area contributed by atoms with Crippen molar-refractivity contribution in [1.82, 2.24) is 4.98 Å². The van der Waals surface area contributed by atoms with Crippen LogP contribution in [0.1, 0.15) is 29.5 Å². The molecule has 0 aliphatic heterocycles. The van der Waals surface area contributed by atoms with E-state index >= 15 is 0 Å². The summed E-state index contributed by atoms with van der Waals surface area (Å²) in [7, 11) is 2.08. The fourth-order valence-corrected chi connectivity index (χ4v) is 3.59. The van der Waals surface area contributed by atoms with Gasteiger partial charge in [0.1, 0.15) is 5.82 Å². The molecule has 0 bridgehead atoms. The van der Waals surface area contributed by atoms with Crippen LogP contribution in [0.4, 0.5) is 5.82 Å². The van der Waals surface area contributed by atoms with Gasteiger partial charge >= 0.3 is 0 Å². The van der Waals surface area contributed by atoms with Crippen LogP contribution in [0, 0.1) is 0 Å². The highest BCUT2D eigenvalue weighted by atomic mass is 79.9. The summed E-state index contributed by atoms with van der Waals surface area (Å²) in [5.74, 6) is 1.00. The Hall–Kier alpha value is -0.910. The summed E-state index contributed by atoms with van der Waals surface area (Å²) in [6.45, 7) is 3.59. The molecule has 2 rings (SSSR count). The second-order valence-electron chi connectivity index (χ2n) is 4.87. The molecular formula is C15H20BrN3S. The van der Waals surface area contributed by atoms with Crippen molar-refractivity contribution in [1.29, 1.82) is 0 Å². The van der Waals surface area contributed by atoms with Gasteiger partial charge in [-0.2, -0.15) is 0 Å². The molecule has 0 unspecified atom stereocenters. The number of aromatic nitrogens is 1. The fraction of sp³-hybridized carbons (Fsp3) is 0.400. The Labute approximate surface area is 133 Å². The zero-order valence-electron chi connectivity index (χ0n) is 11.9. The lowest BCUT2D eigenvalue weighted by Crippen LogP contribution is -2.18. The minimum atomic E-state index is 0.560. The summed E-state index contributed by atoms with van der Waals surface area (Å²) in [5.41, 5.74) is 8.07. The molecule has 5 heteroatoms. The van der Waals surface area contributed by atoms with Crippen LogP contribution in [0.5, 0.6) is 0 Å². The molecule has 0 atom stereocenters. The van der Waals surface area contributed by atoms with Gasteiger partial charge in [0, 0.05) is 34.0 Å². The number of halogens is 1. The molecule has 20 heavy (non-hydrogen) atoms. The normalized spacial score (nSPS) is 10.8. The Kier molecular flexibility index (Phi) is 5.57. The monoisotopic (exact) mass is 353 g/mol. The lowest BCUT2D eigenvalue weighted by molar-refractivity contribution is 0.846. The number of nitrogens with zero attached hydrogens (tertiary/aromatic N) is 2. The number of anilines is 1. The fourth-order valence-electron chi connectivity index (χ4n) is 2.08. The van der Waals surface area contributed by atoms with Gasteiger partial charge in [0.25, 0.3) is 0 Å². The minimum Gasteiger partial charge on any atom is -0.355 e. The molecule has 0 saturated heterocycles. The van der Waals surface area contributed by atoms with E-state index in [1.807, 2.05) is 0 Å². The molecule has 2 heterocycles. The van der Waals surface area contributed by atoms with Crippen molar-refractivity contribution in [3.63, 3.8) is 0 Å². The Morgan fingerprint density at radius 1 is 1.35 bits per heavy atom. The highest BCUT2D eigenvalue weighted by Gasteiger charge is 2.08. The number of aryl methyl sites for hydroxylation is 1. The molecular weight excluding hydrogens is 334 g/mol. The molecule has 0 radical (unpaired) electrons. The topological polar surface area (TPSA) is 42.1 Å².